The van der Waals surface area contributed by atoms with E-state index in [-0.39, 0.29) is 30.5 Å². The van der Waals surface area contributed by atoms with Crippen molar-refractivity contribution in [2.45, 2.75) is 83.8 Å². The van der Waals surface area contributed by atoms with E-state index in [9.17, 15) is 15.0 Å². The Labute approximate surface area is 169 Å². The molecule has 0 spiro atoms. The zero-order valence-corrected chi connectivity index (χ0v) is 17.4. The standard InChI is InChI=1S/C24H36O4/c1-3-4-5-8-19(26)10-11-20-21-12-17-7-6-9-24(28-15-16(2)25)22(17)13-18(21)14-23(20)27/h6-7,9,18-21,23,26-27H,3-5,8,10-15H2,1-2H3. The predicted molar refractivity (Wildman–Crippen MR) is 111 cm³/mol. The molecule has 156 valence electrons. The van der Waals surface area contributed by atoms with E-state index in [4.69, 9.17) is 4.74 Å². The normalized spacial score (nSPS) is 27.1. The molecule has 3 rings (SSSR count). The first kappa shape index (κ1) is 21.3. The summed E-state index contributed by atoms with van der Waals surface area (Å²) in [5.41, 5.74) is 2.52. The van der Waals surface area contributed by atoms with Gasteiger partial charge in [0, 0.05) is 0 Å². The van der Waals surface area contributed by atoms with Gasteiger partial charge in [0.25, 0.3) is 0 Å². The van der Waals surface area contributed by atoms with E-state index in [0.29, 0.717) is 11.8 Å². The molecule has 28 heavy (non-hydrogen) atoms. The fourth-order valence-electron chi connectivity index (χ4n) is 5.28. The lowest BCUT2D eigenvalue weighted by atomic mass is 9.73. The molecule has 0 aliphatic heterocycles. The summed E-state index contributed by atoms with van der Waals surface area (Å²) in [4.78, 5) is 11.3. The van der Waals surface area contributed by atoms with Gasteiger partial charge in [-0.3, -0.25) is 4.79 Å². The third-order valence-corrected chi connectivity index (χ3v) is 6.75. The number of ether oxygens (including phenoxy) is 1. The molecule has 0 radical (unpaired) electrons. The molecule has 4 nitrogen and oxygen atoms in total. The number of rotatable bonds is 10. The van der Waals surface area contributed by atoms with Gasteiger partial charge in [-0.25, -0.2) is 0 Å². The third-order valence-electron chi connectivity index (χ3n) is 6.75. The maximum Gasteiger partial charge on any atom is 0.167 e. The Bertz CT molecular complexity index is 656. The van der Waals surface area contributed by atoms with Crippen molar-refractivity contribution >= 4 is 5.78 Å². The zero-order chi connectivity index (χ0) is 20.1. The molecule has 2 aliphatic rings. The molecule has 1 aromatic carbocycles. The molecule has 0 amide bonds. The summed E-state index contributed by atoms with van der Waals surface area (Å²) in [6.07, 6.45) is 8.24. The highest BCUT2D eigenvalue weighted by Crippen LogP contribution is 2.48. The molecule has 4 heteroatoms. The molecule has 2 N–H and O–H groups in total. The summed E-state index contributed by atoms with van der Waals surface area (Å²) < 4.78 is 5.75. The molecular formula is C24H36O4. The van der Waals surface area contributed by atoms with Crippen molar-refractivity contribution < 1.29 is 19.7 Å². The monoisotopic (exact) mass is 388 g/mol. The smallest absolute Gasteiger partial charge is 0.167 e. The van der Waals surface area contributed by atoms with Crippen LogP contribution in [0.5, 0.6) is 5.75 Å². The van der Waals surface area contributed by atoms with Crippen molar-refractivity contribution in [3.05, 3.63) is 29.3 Å². The first-order valence-corrected chi connectivity index (χ1v) is 11.1. The second kappa shape index (κ2) is 9.89. The number of ketones is 1. The van der Waals surface area contributed by atoms with Gasteiger partial charge in [-0.2, -0.15) is 0 Å². The minimum absolute atomic E-state index is 0.0279. The van der Waals surface area contributed by atoms with Crippen molar-refractivity contribution in [2.75, 3.05) is 6.61 Å². The van der Waals surface area contributed by atoms with Crippen LogP contribution in [0.1, 0.15) is 69.9 Å². The van der Waals surface area contributed by atoms with Crippen LogP contribution in [0.3, 0.4) is 0 Å². The second-order valence-corrected chi connectivity index (χ2v) is 8.91. The fourth-order valence-corrected chi connectivity index (χ4v) is 5.28. The average molecular weight is 389 g/mol. The third kappa shape index (κ3) is 5.15. The van der Waals surface area contributed by atoms with Crippen LogP contribution in [0, 0.1) is 17.8 Å². The van der Waals surface area contributed by atoms with Gasteiger partial charge in [-0.15, -0.1) is 0 Å². The van der Waals surface area contributed by atoms with Gasteiger partial charge in [0.1, 0.15) is 12.4 Å². The minimum Gasteiger partial charge on any atom is -0.486 e. The van der Waals surface area contributed by atoms with Crippen LogP contribution in [0.25, 0.3) is 0 Å². The number of hydrogen-bond donors (Lipinski definition) is 2. The Balaban J connectivity index is 1.62. The maximum atomic E-state index is 11.3. The summed E-state index contributed by atoms with van der Waals surface area (Å²) in [6, 6.07) is 6.12. The van der Waals surface area contributed by atoms with E-state index >= 15 is 0 Å². The number of unbranched alkanes of at least 4 members (excludes halogenated alkanes) is 2. The number of aliphatic hydroxyl groups is 2. The SMILES string of the molecule is CCCCCC(O)CCC1C(O)CC2Cc3c(cccc3OCC(C)=O)CC21. The molecule has 0 saturated heterocycles. The predicted octanol–water partition coefficient (Wildman–Crippen LogP) is 4.09. The Morgan fingerprint density at radius 2 is 2.07 bits per heavy atom. The van der Waals surface area contributed by atoms with Gasteiger partial charge in [0.2, 0.25) is 0 Å². The molecule has 5 unspecified atom stereocenters. The molecule has 5 atom stereocenters. The summed E-state index contributed by atoms with van der Waals surface area (Å²) in [6.45, 7) is 3.84. The van der Waals surface area contributed by atoms with Gasteiger partial charge in [-0.1, -0.05) is 38.3 Å². The zero-order valence-electron chi connectivity index (χ0n) is 17.4. The number of hydrogen-bond acceptors (Lipinski definition) is 4. The molecule has 0 bridgehead atoms. The van der Waals surface area contributed by atoms with E-state index in [0.717, 1.165) is 50.7 Å². The Kier molecular flexibility index (Phi) is 7.53. The van der Waals surface area contributed by atoms with Crippen molar-refractivity contribution in [3.8, 4) is 5.75 Å². The number of aliphatic hydroxyl groups excluding tert-OH is 2. The van der Waals surface area contributed by atoms with Crippen molar-refractivity contribution in [2.24, 2.45) is 17.8 Å². The van der Waals surface area contributed by atoms with Gasteiger partial charge >= 0.3 is 0 Å². The van der Waals surface area contributed by atoms with Crippen LogP contribution in [0.2, 0.25) is 0 Å². The number of carbonyl (C=O) groups is 1. The van der Waals surface area contributed by atoms with Gasteiger partial charge in [0.15, 0.2) is 5.78 Å². The quantitative estimate of drug-likeness (QED) is 0.593. The van der Waals surface area contributed by atoms with Crippen molar-refractivity contribution in [3.63, 3.8) is 0 Å². The van der Waals surface area contributed by atoms with E-state index in [2.05, 4.69) is 13.0 Å². The molecule has 1 saturated carbocycles. The number of benzene rings is 1. The first-order valence-electron chi connectivity index (χ1n) is 11.1. The van der Waals surface area contributed by atoms with Crippen LogP contribution < -0.4 is 4.74 Å². The summed E-state index contributed by atoms with van der Waals surface area (Å²) >= 11 is 0. The Morgan fingerprint density at radius 1 is 1.25 bits per heavy atom. The molecule has 1 aromatic rings. The van der Waals surface area contributed by atoms with E-state index in [1.807, 2.05) is 12.1 Å². The molecule has 0 aromatic heterocycles. The van der Waals surface area contributed by atoms with E-state index in [1.165, 1.54) is 24.0 Å². The minimum atomic E-state index is -0.270. The lowest BCUT2D eigenvalue weighted by molar-refractivity contribution is -0.118. The first-order chi connectivity index (χ1) is 13.5. The van der Waals surface area contributed by atoms with Crippen LogP contribution in [0.15, 0.2) is 18.2 Å². The van der Waals surface area contributed by atoms with Gasteiger partial charge in [-0.05, 0) is 80.4 Å². The highest BCUT2D eigenvalue weighted by molar-refractivity contribution is 5.77. The van der Waals surface area contributed by atoms with Gasteiger partial charge < -0.3 is 14.9 Å². The van der Waals surface area contributed by atoms with Crippen LogP contribution >= 0.6 is 0 Å². The number of Topliss-reactive ketones (excluding diaryl/α,β-unsaturated/α-hetero) is 1. The molecular weight excluding hydrogens is 352 g/mol. The summed E-state index contributed by atoms with van der Waals surface area (Å²) in [5.74, 6) is 2.08. The maximum absolute atomic E-state index is 11.3. The largest absolute Gasteiger partial charge is 0.486 e. The highest BCUT2D eigenvalue weighted by atomic mass is 16.5. The molecule has 1 fully saturated rings. The number of fused-ring (bicyclic) bond motifs is 2. The van der Waals surface area contributed by atoms with Gasteiger partial charge in [0.05, 0.1) is 12.2 Å². The average Bonchev–Trinajstić information content (AvgIpc) is 2.97. The molecule has 2 aliphatic carbocycles. The summed E-state index contributed by atoms with van der Waals surface area (Å²) in [5, 5.41) is 21.0. The Morgan fingerprint density at radius 3 is 2.82 bits per heavy atom. The topological polar surface area (TPSA) is 66.8 Å². The fraction of sp³-hybridized carbons (Fsp3) is 0.708. The van der Waals surface area contributed by atoms with E-state index < -0.39 is 0 Å². The van der Waals surface area contributed by atoms with Crippen molar-refractivity contribution in [1.82, 2.24) is 0 Å². The number of carbonyl (C=O) groups excluding carboxylic acids is 1. The van der Waals surface area contributed by atoms with E-state index in [1.54, 1.807) is 6.92 Å². The second-order valence-electron chi connectivity index (χ2n) is 8.91. The van der Waals surface area contributed by atoms with Crippen LogP contribution in [-0.2, 0) is 17.6 Å². The van der Waals surface area contributed by atoms with Crippen molar-refractivity contribution in [1.29, 1.82) is 0 Å². The molecule has 0 heterocycles. The van der Waals surface area contributed by atoms with Crippen LogP contribution in [-0.4, -0.2) is 34.8 Å². The van der Waals surface area contributed by atoms with Crippen LogP contribution in [0.4, 0.5) is 0 Å². The Hall–Kier alpha value is -1.39. The lowest BCUT2D eigenvalue weighted by Crippen LogP contribution is -2.28. The lowest BCUT2D eigenvalue weighted by Gasteiger charge is -2.32. The summed E-state index contributed by atoms with van der Waals surface area (Å²) in [7, 11) is 0. The highest BCUT2D eigenvalue weighted by Gasteiger charge is 2.44.